The molecule has 1 saturated heterocycles. The van der Waals surface area contributed by atoms with Gasteiger partial charge in [-0.1, -0.05) is 30.3 Å². The summed E-state index contributed by atoms with van der Waals surface area (Å²) in [7, 11) is 1.63. The third kappa shape index (κ3) is 3.81. The van der Waals surface area contributed by atoms with E-state index < -0.39 is 0 Å². The molecule has 29 heavy (non-hydrogen) atoms. The largest absolute Gasteiger partial charge is 0.507 e. The van der Waals surface area contributed by atoms with Crippen LogP contribution in [0.5, 0.6) is 5.75 Å². The lowest BCUT2D eigenvalue weighted by Crippen LogP contribution is -2.44. The summed E-state index contributed by atoms with van der Waals surface area (Å²) in [4.78, 5) is 15.0. The molecule has 1 aliphatic heterocycles. The monoisotopic (exact) mass is 395 g/mol. The molecule has 3 aromatic rings. The van der Waals surface area contributed by atoms with Crippen molar-refractivity contribution < 1.29 is 10.2 Å². The van der Waals surface area contributed by atoms with Gasteiger partial charge >= 0.3 is 0 Å². The predicted molar refractivity (Wildman–Crippen MR) is 112 cm³/mol. The Morgan fingerprint density at radius 3 is 2.86 bits per heavy atom. The van der Waals surface area contributed by atoms with E-state index in [0.717, 1.165) is 31.3 Å². The summed E-state index contributed by atoms with van der Waals surface area (Å²) in [6.07, 6.45) is 1.93. The third-order valence-corrected chi connectivity index (χ3v) is 5.47. The Morgan fingerprint density at radius 2 is 2.03 bits per heavy atom. The molecule has 8 heteroatoms. The van der Waals surface area contributed by atoms with Crippen molar-refractivity contribution in [2.45, 2.75) is 18.9 Å². The minimum Gasteiger partial charge on any atom is -0.507 e. The summed E-state index contributed by atoms with van der Waals surface area (Å²) >= 11 is 0. The van der Waals surface area contributed by atoms with Crippen LogP contribution in [0.1, 0.15) is 12.8 Å². The van der Waals surface area contributed by atoms with E-state index in [9.17, 15) is 9.90 Å². The lowest BCUT2D eigenvalue weighted by atomic mass is 10.0. The predicted octanol–water partition coefficient (Wildman–Crippen LogP) is 1.57. The van der Waals surface area contributed by atoms with Gasteiger partial charge in [0.1, 0.15) is 5.75 Å². The Balaban J connectivity index is 1.63. The number of anilines is 1. The normalized spacial score (nSPS) is 17.5. The molecule has 4 rings (SSSR count). The number of aromatic hydroxyl groups is 1. The SMILES string of the molecule is Cn1c(-c2ccc3ccccc3c2O)nnc(N[C@@H]2CCCN(CCO)C2)c1=O. The van der Waals surface area contributed by atoms with Crippen LogP contribution >= 0.6 is 0 Å². The Morgan fingerprint density at radius 1 is 1.21 bits per heavy atom. The highest BCUT2D eigenvalue weighted by Crippen LogP contribution is 2.34. The van der Waals surface area contributed by atoms with Gasteiger partial charge in [0.2, 0.25) is 5.82 Å². The van der Waals surface area contributed by atoms with Gasteiger partial charge in [0.15, 0.2) is 5.82 Å². The van der Waals surface area contributed by atoms with E-state index >= 15 is 0 Å². The Kier molecular flexibility index (Phi) is 5.46. The van der Waals surface area contributed by atoms with E-state index in [1.165, 1.54) is 4.57 Å². The van der Waals surface area contributed by atoms with Crippen molar-refractivity contribution in [2.75, 3.05) is 31.6 Å². The maximum atomic E-state index is 12.9. The molecule has 0 radical (unpaired) electrons. The van der Waals surface area contributed by atoms with Crippen molar-refractivity contribution in [3.05, 3.63) is 46.8 Å². The van der Waals surface area contributed by atoms with Gasteiger partial charge < -0.3 is 15.5 Å². The van der Waals surface area contributed by atoms with Gasteiger partial charge in [-0.2, -0.15) is 0 Å². The summed E-state index contributed by atoms with van der Waals surface area (Å²) < 4.78 is 1.41. The lowest BCUT2D eigenvalue weighted by Gasteiger charge is -2.32. The number of aliphatic hydroxyl groups is 1. The lowest BCUT2D eigenvalue weighted by molar-refractivity contribution is 0.166. The molecular formula is C21H25N5O3. The number of likely N-dealkylation sites (tertiary alicyclic amines) is 1. The standard InChI is InChI=1S/C21H25N5O3/c1-25-20(17-9-8-14-5-2-3-7-16(14)18(17)28)24-23-19(21(25)29)22-15-6-4-10-26(13-15)11-12-27/h2-3,5,7-9,15,27-28H,4,6,10-13H2,1H3,(H,22,23)/t15-/m1/s1. The van der Waals surface area contributed by atoms with Crippen molar-refractivity contribution in [1.82, 2.24) is 19.7 Å². The second kappa shape index (κ2) is 8.18. The van der Waals surface area contributed by atoms with Gasteiger partial charge in [-0.3, -0.25) is 14.3 Å². The summed E-state index contributed by atoms with van der Waals surface area (Å²) in [6.45, 7) is 2.45. The van der Waals surface area contributed by atoms with E-state index in [1.54, 1.807) is 13.1 Å². The molecule has 0 unspecified atom stereocenters. The first kappa shape index (κ1) is 19.4. The van der Waals surface area contributed by atoms with Crippen molar-refractivity contribution in [2.24, 2.45) is 7.05 Å². The van der Waals surface area contributed by atoms with Crippen molar-refractivity contribution in [3.8, 4) is 17.1 Å². The first-order valence-electron chi connectivity index (χ1n) is 9.83. The molecule has 0 bridgehead atoms. The number of aromatic nitrogens is 3. The second-order valence-electron chi connectivity index (χ2n) is 7.43. The number of nitrogens with one attached hydrogen (secondary N) is 1. The van der Waals surface area contributed by atoms with Gasteiger partial charge in [0, 0.05) is 31.6 Å². The number of rotatable bonds is 5. The van der Waals surface area contributed by atoms with Crippen LogP contribution in [-0.4, -0.2) is 62.2 Å². The number of phenols is 1. The zero-order valence-electron chi connectivity index (χ0n) is 16.4. The molecule has 1 aliphatic rings. The van der Waals surface area contributed by atoms with Crippen LogP contribution in [0.15, 0.2) is 41.2 Å². The van der Waals surface area contributed by atoms with E-state index in [1.807, 2.05) is 30.3 Å². The number of hydrogen-bond donors (Lipinski definition) is 3. The van der Waals surface area contributed by atoms with Crippen LogP contribution in [-0.2, 0) is 7.05 Å². The highest BCUT2D eigenvalue weighted by Gasteiger charge is 2.22. The average Bonchev–Trinajstić information content (AvgIpc) is 2.73. The van der Waals surface area contributed by atoms with Crippen molar-refractivity contribution >= 4 is 16.6 Å². The number of β-amino-alcohol motifs (C(OH)–C–C–N with tert-alkyl or cyclic N) is 1. The topological polar surface area (TPSA) is 104 Å². The first-order chi connectivity index (χ1) is 14.1. The minimum absolute atomic E-state index is 0.0808. The molecular weight excluding hydrogens is 370 g/mol. The fraction of sp³-hybridized carbons (Fsp3) is 0.381. The molecule has 1 fully saturated rings. The van der Waals surface area contributed by atoms with Gasteiger partial charge in [0.25, 0.3) is 5.56 Å². The van der Waals surface area contributed by atoms with E-state index in [0.29, 0.717) is 23.3 Å². The van der Waals surface area contributed by atoms with Gasteiger partial charge in [-0.15, -0.1) is 10.2 Å². The molecule has 0 aliphatic carbocycles. The maximum absolute atomic E-state index is 12.9. The number of benzene rings is 2. The highest BCUT2D eigenvalue weighted by atomic mass is 16.3. The highest BCUT2D eigenvalue weighted by molar-refractivity contribution is 5.93. The van der Waals surface area contributed by atoms with E-state index in [2.05, 4.69) is 20.4 Å². The van der Waals surface area contributed by atoms with E-state index in [4.69, 9.17) is 5.11 Å². The molecule has 1 aromatic heterocycles. The van der Waals surface area contributed by atoms with Crippen LogP contribution in [0.3, 0.4) is 0 Å². The minimum atomic E-state index is -0.290. The number of aliphatic hydroxyl groups excluding tert-OH is 1. The second-order valence-corrected chi connectivity index (χ2v) is 7.43. The molecule has 0 spiro atoms. The molecule has 152 valence electrons. The van der Waals surface area contributed by atoms with Gasteiger partial charge in [-0.05, 0) is 30.8 Å². The summed E-state index contributed by atoms with van der Waals surface area (Å²) in [5.74, 6) is 0.599. The van der Waals surface area contributed by atoms with Crippen LogP contribution < -0.4 is 10.9 Å². The molecule has 0 saturated carbocycles. The van der Waals surface area contributed by atoms with Crippen LogP contribution in [0, 0.1) is 0 Å². The number of fused-ring (bicyclic) bond motifs is 1. The van der Waals surface area contributed by atoms with E-state index in [-0.39, 0.29) is 29.8 Å². The zero-order chi connectivity index (χ0) is 20.4. The van der Waals surface area contributed by atoms with Crippen LogP contribution in [0.25, 0.3) is 22.2 Å². The van der Waals surface area contributed by atoms with Crippen LogP contribution in [0.2, 0.25) is 0 Å². The molecule has 1 atom stereocenters. The molecule has 8 nitrogen and oxygen atoms in total. The average molecular weight is 395 g/mol. The number of phenolic OH excluding ortho intramolecular Hbond substituents is 1. The number of hydrogen-bond acceptors (Lipinski definition) is 7. The van der Waals surface area contributed by atoms with Gasteiger partial charge in [0.05, 0.1) is 12.2 Å². The fourth-order valence-electron chi connectivity index (χ4n) is 3.93. The first-order valence-corrected chi connectivity index (χ1v) is 9.83. The number of piperidine rings is 1. The summed E-state index contributed by atoms with van der Waals surface area (Å²) in [5.41, 5.74) is 0.177. The summed E-state index contributed by atoms with van der Waals surface area (Å²) in [6, 6.07) is 11.2. The Labute approximate surface area is 168 Å². The van der Waals surface area contributed by atoms with Crippen molar-refractivity contribution in [1.29, 1.82) is 0 Å². The Bertz CT molecular complexity index is 1080. The molecule has 3 N–H and O–H groups in total. The quantitative estimate of drug-likeness (QED) is 0.602. The van der Waals surface area contributed by atoms with Crippen molar-refractivity contribution in [3.63, 3.8) is 0 Å². The molecule has 2 heterocycles. The maximum Gasteiger partial charge on any atom is 0.296 e. The van der Waals surface area contributed by atoms with Gasteiger partial charge in [-0.25, -0.2) is 0 Å². The zero-order valence-corrected chi connectivity index (χ0v) is 16.4. The Hall–Kier alpha value is -2.97. The summed E-state index contributed by atoms with van der Waals surface area (Å²) in [5, 5.41) is 33.0. The fourth-order valence-corrected chi connectivity index (χ4v) is 3.93. The third-order valence-electron chi connectivity index (χ3n) is 5.47. The smallest absolute Gasteiger partial charge is 0.296 e. The van der Waals surface area contributed by atoms with Crippen LogP contribution in [0.4, 0.5) is 5.82 Å². The molecule has 2 aromatic carbocycles. The molecule has 0 amide bonds. The number of nitrogens with zero attached hydrogens (tertiary/aromatic N) is 4.